The van der Waals surface area contributed by atoms with Gasteiger partial charge < -0.3 is 5.32 Å². The molecule has 0 bridgehead atoms. The molecule has 0 radical (unpaired) electrons. The SMILES string of the molecule is N=C(NN)NCc1cnccn1. The number of nitrogens with two attached hydrogens (primary N) is 1. The van der Waals surface area contributed by atoms with Crippen LogP contribution in [-0.2, 0) is 6.54 Å². The smallest absolute Gasteiger partial charge is 0.203 e. The maximum absolute atomic E-state index is 7.09. The van der Waals surface area contributed by atoms with Crippen molar-refractivity contribution >= 4 is 5.96 Å². The lowest BCUT2D eigenvalue weighted by Crippen LogP contribution is -2.40. The summed E-state index contributed by atoms with van der Waals surface area (Å²) in [5.41, 5.74) is 2.92. The molecule has 0 unspecified atom stereocenters. The normalized spacial score (nSPS) is 9.08. The summed E-state index contributed by atoms with van der Waals surface area (Å²) in [4.78, 5) is 7.86. The Morgan fingerprint density at radius 3 is 3.00 bits per heavy atom. The molecule has 6 nitrogen and oxygen atoms in total. The molecular weight excluding hydrogens is 156 g/mol. The predicted molar refractivity (Wildman–Crippen MR) is 43.9 cm³/mol. The summed E-state index contributed by atoms with van der Waals surface area (Å²) in [5.74, 6) is 5.02. The Balaban J connectivity index is 2.38. The third kappa shape index (κ3) is 2.51. The number of hydrazine groups is 1. The first kappa shape index (κ1) is 8.41. The van der Waals surface area contributed by atoms with E-state index in [1.54, 1.807) is 18.6 Å². The molecule has 0 amide bonds. The van der Waals surface area contributed by atoms with Crippen LogP contribution in [0.4, 0.5) is 0 Å². The maximum Gasteiger partial charge on any atom is 0.203 e. The van der Waals surface area contributed by atoms with Gasteiger partial charge in [0.2, 0.25) is 5.96 Å². The van der Waals surface area contributed by atoms with Gasteiger partial charge in [-0.1, -0.05) is 0 Å². The molecular formula is C6H10N6. The summed E-state index contributed by atoms with van der Waals surface area (Å²) >= 11 is 0. The molecule has 1 heterocycles. The van der Waals surface area contributed by atoms with Crippen LogP contribution in [-0.4, -0.2) is 15.9 Å². The molecule has 0 saturated heterocycles. The highest BCUT2D eigenvalue weighted by Gasteiger charge is 1.93. The van der Waals surface area contributed by atoms with Gasteiger partial charge in [0, 0.05) is 12.4 Å². The second-order valence-electron chi connectivity index (χ2n) is 2.07. The second-order valence-corrected chi connectivity index (χ2v) is 2.07. The minimum absolute atomic E-state index is 0.0562. The van der Waals surface area contributed by atoms with Crippen LogP contribution < -0.4 is 16.6 Å². The van der Waals surface area contributed by atoms with Gasteiger partial charge in [0.25, 0.3) is 0 Å². The molecule has 6 heteroatoms. The first-order chi connectivity index (χ1) is 5.83. The first-order valence-corrected chi connectivity index (χ1v) is 3.37. The van der Waals surface area contributed by atoms with E-state index >= 15 is 0 Å². The van der Waals surface area contributed by atoms with Crippen molar-refractivity contribution in [3.63, 3.8) is 0 Å². The summed E-state index contributed by atoms with van der Waals surface area (Å²) in [6.07, 6.45) is 4.81. The molecule has 0 aliphatic rings. The number of aromatic nitrogens is 2. The number of guanidine groups is 1. The van der Waals surface area contributed by atoms with E-state index in [0.717, 1.165) is 5.69 Å². The van der Waals surface area contributed by atoms with E-state index < -0.39 is 0 Å². The average Bonchev–Trinajstić information content (AvgIpc) is 2.16. The van der Waals surface area contributed by atoms with E-state index in [2.05, 4.69) is 20.7 Å². The van der Waals surface area contributed by atoms with E-state index in [9.17, 15) is 0 Å². The van der Waals surface area contributed by atoms with E-state index in [1.165, 1.54) is 0 Å². The van der Waals surface area contributed by atoms with Crippen molar-refractivity contribution in [1.29, 1.82) is 5.41 Å². The Morgan fingerprint density at radius 2 is 2.42 bits per heavy atom. The van der Waals surface area contributed by atoms with E-state index in [4.69, 9.17) is 11.3 Å². The Kier molecular flexibility index (Phi) is 2.97. The molecule has 1 aromatic heterocycles. The Labute approximate surface area is 69.7 Å². The van der Waals surface area contributed by atoms with Crippen LogP contribution in [0.15, 0.2) is 18.6 Å². The molecule has 0 fully saturated rings. The zero-order valence-corrected chi connectivity index (χ0v) is 6.41. The molecule has 0 saturated carbocycles. The van der Waals surface area contributed by atoms with Crippen molar-refractivity contribution in [3.05, 3.63) is 24.3 Å². The minimum Gasteiger partial charge on any atom is -0.350 e. The van der Waals surface area contributed by atoms with Crippen LogP contribution in [0.5, 0.6) is 0 Å². The topological polar surface area (TPSA) is 99.7 Å². The predicted octanol–water partition coefficient (Wildman–Crippen LogP) is -1.04. The van der Waals surface area contributed by atoms with Gasteiger partial charge in [-0.3, -0.25) is 20.8 Å². The summed E-state index contributed by atoms with van der Waals surface area (Å²) in [6, 6.07) is 0. The highest BCUT2D eigenvalue weighted by Crippen LogP contribution is 1.87. The number of rotatable bonds is 2. The van der Waals surface area contributed by atoms with Gasteiger partial charge in [0.05, 0.1) is 18.4 Å². The van der Waals surface area contributed by atoms with Gasteiger partial charge in [0.1, 0.15) is 0 Å². The number of nitrogens with zero attached hydrogens (tertiary/aromatic N) is 2. The van der Waals surface area contributed by atoms with Gasteiger partial charge in [-0.05, 0) is 0 Å². The second kappa shape index (κ2) is 4.24. The van der Waals surface area contributed by atoms with Gasteiger partial charge in [-0.2, -0.15) is 0 Å². The lowest BCUT2D eigenvalue weighted by Gasteiger charge is -2.04. The average molecular weight is 166 g/mol. The Morgan fingerprint density at radius 1 is 1.58 bits per heavy atom. The maximum atomic E-state index is 7.09. The van der Waals surface area contributed by atoms with E-state index in [-0.39, 0.29) is 5.96 Å². The molecule has 0 atom stereocenters. The molecule has 1 aromatic rings. The van der Waals surface area contributed by atoms with Gasteiger partial charge in [-0.15, -0.1) is 0 Å². The molecule has 0 aliphatic carbocycles. The third-order valence-electron chi connectivity index (χ3n) is 1.21. The monoisotopic (exact) mass is 166 g/mol. The van der Waals surface area contributed by atoms with Crippen LogP contribution in [0.2, 0.25) is 0 Å². The highest BCUT2D eigenvalue weighted by atomic mass is 15.3. The number of hydrogen-bond acceptors (Lipinski definition) is 4. The molecule has 0 aliphatic heterocycles. The highest BCUT2D eigenvalue weighted by molar-refractivity contribution is 5.75. The number of hydrogen-bond donors (Lipinski definition) is 4. The Bertz CT molecular complexity index is 245. The fourth-order valence-electron chi connectivity index (χ4n) is 0.651. The molecule has 0 aromatic carbocycles. The van der Waals surface area contributed by atoms with Gasteiger partial charge in [0.15, 0.2) is 0 Å². The molecule has 0 spiro atoms. The largest absolute Gasteiger partial charge is 0.350 e. The van der Waals surface area contributed by atoms with E-state index in [1.807, 2.05) is 0 Å². The molecule has 5 N–H and O–H groups in total. The van der Waals surface area contributed by atoms with Crippen molar-refractivity contribution in [2.75, 3.05) is 0 Å². The Hall–Kier alpha value is -1.69. The van der Waals surface area contributed by atoms with Crippen LogP contribution in [0.1, 0.15) is 5.69 Å². The van der Waals surface area contributed by atoms with Crippen molar-refractivity contribution in [2.45, 2.75) is 6.54 Å². The lowest BCUT2D eigenvalue weighted by molar-refractivity contribution is 0.807. The van der Waals surface area contributed by atoms with Crippen LogP contribution in [0, 0.1) is 5.41 Å². The van der Waals surface area contributed by atoms with E-state index in [0.29, 0.717) is 6.54 Å². The van der Waals surface area contributed by atoms with Crippen molar-refractivity contribution in [1.82, 2.24) is 20.7 Å². The van der Waals surface area contributed by atoms with Crippen molar-refractivity contribution < 1.29 is 0 Å². The summed E-state index contributed by atoms with van der Waals surface area (Å²) in [7, 11) is 0. The standard InChI is InChI=1S/C6H10N6/c7-6(12-8)11-4-5-3-9-1-2-10-5/h1-3H,4,8H2,(H3,7,11,12). The number of nitrogens with one attached hydrogen (secondary N) is 3. The van der Waals surface area contributed by atoms with Crippen LogP contribution in [0.25, 0.3) is 0 Å². The summed E-state index contributed by atoms with van der Waals surface area (Å²) in [6.45, 7) is 0.441. The fraction of sp³-hybridized carbons (Fsp3) is 0.167. The summed E-state index contributed by atoms with van der Waals surface area (Å²) in [5, 5.41) is 9.78. The fourth-order valence-corrected chi connectivity index (χ4v) is 0.651. The van der Waals surface area contributed by atoms with Crippen LogP contribution >= 0.6 is 0 Å². The minimum atomic E-state index is 0.0562. The zero-order valence-electron chi connectivity index (χ0n) is 6.41. The molecule has 1 rings (SSSR count). The van der Waals surface area contributed by atoms with Gasteiger partial charge in [-0.25, -0.2) is 5.84 Å². The first-order valence-electron chi connectivity index (χ1n) is 3.37. The lowest BCUT2D eigenvalue weighted by atomic mass is 10.4. The van der Waals surface area contributed by atoms with Crippen LogP contribution in [0.3, 0.4) is 0 Å². The third-order valence-corrected chi connectivity index (χ3v) is 1.21. The zero-order chi connectivity index (χ0) is 8.81. The quantitative estimate of drug-likeness (QED) is 0.195. The van der Waals surface area contributed by atoms with Gasteiger partial charge >= 0.3 is 0 Å². The van der Waals surface area contributed by atoms with Crippen molar-refractivity contribution in [3.8, 4) is 0 Å². The summed E-state index contributed by atoms with van der Waals surface area (Å²) < 4.78 is 0. The van der Waals surface area contributed by atoms with Crippen molar-refractivity contribution in [2.24, 2.45) is 5.84 Å². The molecule has 12 heavy (non-hydrogen) atoms. The molecule has 64 valence electrons.